The van der Waals surface area contributed by atoms with Crippen molar-refractivity contribution in [3.8, 4) is 0 Å². The smallest absolute Gasteiger partial charge is 0.271 e. The quantitative estimate of drug-likeness (QED) is 0.407. The first-order valence-corrected chi connectivity index (χ1v) is 11.7. The van der Waals surface area contributed by atoms with Gasteiger partial charge in [-0.3, -0.25) is 14.9 Å². The summed E-state index contributed by atoms with van der Waals surface area (Å²) in [5.74, 6) is -0.530. The van der Waals surface area contributed by atoms with E-state index in [0.717, 1.165) is 29.8 Å². The van der Waals surface area contributed by atoms with E-state index in [2.05, 4.69) is 5.32 Å². The van der Waals surface area contributed by atoms with Crippen LogP contribution >= 0.6 is 0 Å². The second kappa shape index (κ2) is 9.19. The van der Waals surface area contributed by atoms with Crippen LogP contribution in [0.1, 0.15) is 24.2 Å². The summed E-state index contributed by atoms with van der Waals surface area (Å²) < 4.78 is 24.0. The van der Waals surface area contributed by atoms with Gasteiger partial charge in [-0.2, -0.15) is 0 Å². The zero-order chi connectivity index (χ0) is 23.5. The maximum absolute atomic E-state index is 13.3. The van der Waals surface area contributed by atoms with Gasteiger partial charge in [0.1, 0.15) is 0 Å². The number of carbonyl (C=O) groups is 1. The Morgan fingerprint density at radius 1 is 0.969 bits per heavy atom. The van der Waals surface area contributed by atoms with Gasteiger partial charge < -0.3 is 10.2 Å². The van der Waals surface area contributed by atoms with E-state index in [-0.39, 0.29) is 16.5 Å². The van der Waals surface area contributed by atoms with Crippen molar-refractivity contribution in [1.29, 1.82) is 0 Å². The first kappa shape index (κ1) is 23.0. The zero-order valence-corrected chi connectivity index (χ0v) is 18.7. The van der Waals surface area contributed by atoms with Crippen LogP contribution in [0.25, 0.3) is 0 Å². The summed E-state index contributed by atoms with van der Waals surface area (Å²) in [6, 6.07) is 19.7. The summed E-state index contributed by atoms with van der Waals surface area (Å²) in [7, 11) is -3.74. The summed E-state index contributed by atoms with van der Waals surface area (Å²) in [6.45, 7) is 3.62. The number of amides is 1. The molecule has 9 heteroatoms. The molecule has 0 aromatic heterocycles. The van der Waals surface area contributed by atoms with Gasteiger partial charge in [0.2, 0.25) is 0 Å². The van der Waals surface area contributed by atoms with Crippen molar-refractivity contribution in [1.82, 2.24) is 0 Å². The van der Waals surface area contributed by atoms with Crippen molar-refractivity contribution in [2.45, 2.75) is 24.8 Å². The Morgan fingerprint density at radius 2 is 1.56 bits per heavy atom. The number of nitro benzene ring substituents is 1. The predicted molar refractivity (Wildman–Crippen MR) is 124 cm³/mol. The monoisotopic (exact) mass is 453 g/mol. The maximum atomic E-state index is 13.3. The topological polar surface area (TPSA) is 110 Å². The van der Waals surface area contributed by atoms with Crippen molar-refractivity contribution in [2.75, 3.05) is 16.5 Å². The number of benzene rings is 3. The minimum Gasteiger partial charge on any atom is -0.356 e. The lowest BCUT2D eigenvalue weighted by Gasteiger charge is -2.27. The SMILES string of the molecule is CC(C)N(C(=O)c1cc([N+](=O)[O-])cc(S(C)(=O)=O)c1)c1ccc(Nc2ccccc2)cc1. The molecule has 0 spiro atoms. The first-order chi connectivity index (χ1) is 15.1. The van der Waals surface area contributed by atoms with E-state index < -0.39 is 26.4 Å². The molecule has 32 heavy (non-hydrogen) atoms. The molecule has 1 amide bonds. The van der Waals surface area contributed by atoms with E-state index in [1.807, 2.05) is 56.3 Å². The molecule has 0 unspecified atom stereocenters. The van der Waals surface area contributed by atoms with Gasteiger partial charge in [0.05, 0.1) is 9.82 Å². The molecule has 0 radical (unpaired) electrons. The number of para-hydroxylation sites is 1. The van der Waals surface area contributed by atoms with E-state index >= 15 is 0 Å². The van der Waals surface area contributed by atoms with Crippen LogP contribution in [0.4, 0.5) is 22.7 Å². The highest BCUT2D eigenvalue weighted by molar-refractivity contribution is 7.90. The highest BCUT2D eigenvalue weighted by atomic mass is 32.2. The van der Waals surface area contributed by atoms with Gasteiger partial charge in [-0.1, -0.05) is 18.2 Å². The number of anilines is 3. The predicted octanol–water partition coefficient (Wildman–Crippen LogP) is 4.80. The van der Waals surface area contributed by atoms with Gasteiger partial charge >= 0.3 is 0 Å². The molecular formula is C23H23N3O5S. The molecule has 0 aliphatic carbocycles. The molecular weight excluding hydrogens is 430 g/mol. The molecule has 3 rings (SSSR count). The van der Waals surface area contributed by atoms with Crippen LogP contribution in [0.3, 0.4) is 0 Å². The standard InChI is InChI=1S/C23H23N3O5S/c1-16(2)25(20-11-9-19(10-12-20)24-18-7-5-4-6-8-18)23(27)17-13-21(26(28)29)15-22(14-17)32(3,30)31/h4-16,24H,1-3H3. The Hall–Kier alpha value is -3.72. The molecule has 0 heterocycles. The van der Waals surface area contributed by atoms with Gasteiger partial charge in [0.15, 0.2) is 9.84 Å². The molecule has 0 fully saturated rings. The van der Waals surface area contributed by atoms with Crippen LogP contribution in [0.2, 0.25) is 0 Å². The fraction of sp³-hybridized carbons (Fsp3) is 0.174. The van der Waals surface area contributed by atoms with E-state index in [1.54, 1.807) is 12.1 Å². The highest BCUT2D eigenvalue weighted by Crippen LogP contribution is 2.27. The molecule has 3 aromatic rings. The van der Waals surface area contributed by atoms with Crippen molar-refractivity contribution in [2.24, 2.45) is 0 Å². The molecule has 0 aliphatic heterocycles. The van der Waals surface area contributed by atoms with Crippen molar-refractivity contribution in [3.63, 3.8) is 0 Å². The molecule has 0 saturated carbocycles. The fourth-order valence-corrected chi connectivity index (χ4v) is 3.88. The Bertz CT molecular complexity index is 1240. The van der Waals surface area contributed by atoms with Crippen LogP contribution in [0.15, 0.2) is 77.7 Å². The van der Waals surface area contributed by atoms with E-state index in [4.69, 9.17) is 0 Å². The van der Waals surface area contributed by atoms with Gasteiger partial charge in [-0.05, 0) is 56.3 Å². The van der Waals surface area contributed by atoms with E-state index in [9.17, 15) is 23.3 Å². The summed E-state index contributed by atoms with van der Waals surface area (Å²) in [5, 5.41) is 14.6. The number of sulfone groups is 1. The molecule has 0 bridgehead atoms. The number of hydrogen-bond donors (Lipinski definition) is 1. The number of non-ortho nitro benzene ring substituents is 1. The second-order valence-electron chi connectivity index (χ2n) is 7.55. The molecule has 0 aliphatic rings. The first-order valence-electron chi connectivity index (χ1n) is 9.81. The average molecular weight is 454 g/mol. The summed E-state index contributed by atoms with van der Waals surface area (Å²) in [6.07, 6.45) is 0.943. The minimum absolute atomic E-state index is 0.0696. The second-order valence-corrected chi connectivity index (χ2v) is 9.57. The number of nitro groups is 1. The maximum Gasteiger partial charge on any atom is 0.271 e. The van der Waals surface area contributed by atoms with Gasteiger partial charge in [0.25, 0.3) is 11.6 Å². The third-order valence-corrected chi connectivity index (χ3v) is 5.81. The Morgan fingerprint density at radius 3 is 2.09 bits per heavy atom. The molecule has 0 atom stereocenters. The lowest BCUT2D eigenvalue weighted by Crippen LogP contribution is -2.37. The molecule has 1 N–H and O–H groups in total. The van der Waals surface area contributed by atoms with E-state index in [1.165, 1.54) is 11.0 Å². The van der Waals surface area contributed by atoms with Crippen LogP contribution in [-0.2, 0) is 9.84 Å². The minimum atomic E-state index is -3.74. The lowest BCUT2D eigenvalue weighted by molar-refractivity contribution is -0.385. The molecule has 166 valence electrons. The molecule has 3 aromatic carbocycles. The number of nitrogens with zero attached hydrogens (tertiary/aromatic N) is 2. The van der Waals surface area contributed by atoms with Crippen LogP contribution in [-0.4, -0.2) is 31.5 Å². The largest absolute Gasteiger partial charge is 0.356 e. The number of rotatable bonds is 7. The normalized spacial score (nSPS) is 11.2. The summed E-state index contributed by atoms with van der Waals surface area (Å²) >= 11 is 0. The Labute approximate surface area is 186 Å². The van der Waals surface area contributed by atoms with Crippen LogP contribution in [0, 0.1) is 10.1 Å². The Balaban J connectivity index is 1.96. The van der Waals surface area contributed by atoms with Crippen LogP contribution in [0.5, 0.6) is 0 Å². The number of hydrogen-bond acceptors (Lipinski definition) is 6. The number of carbonyl (C=O) groups excluding carboxylic acids is 1. The van der Waals surface area contributed by atoms with Gasteiger partial charge in [0, 0.05) is 47.1 Å². The van der Waals surface area contributed by atoms with Crippen molar-refractivity contribution in [3.05, 3.63) is 88.5 Å². The number of nitrogens with one attached hydrogen (secondary N) is 1. The van der Waals surface area contributed by atoms with Gasteiger partial charge in [-0.25, -0.2) is 8.42 Å². The van der Waals surface area contributed by atoms with E-state index in [0.29, 0.717) is 5.69 Å². The Kier molecular flexibility index (Phi) is 6.59. The van der Waals surface area contributed by atoms with Crippen LogP contribution < -0.4 is 10.2 Å². The average Bonchev–Trinajstić information content (AvgIpc) is 2.74. The third-order valence-electron chi connectivity index (χ3n) is 4.72. The summed E-state index contributed by atoms with van der Waals surface area (Å²) in [4.78, 5) is 25.1. The summed E-state index contributed by atoms with van der Waals surface area (Å²) in [5.41, 5.74) is 1.80. The fourth-order valence-electron chi connectivity index (χ4n) is 3.21. The van der Waals surface area contributed by atoms with Crippen molar-refractivity contribution < 1.29 is 18.1 Å². The van der Waals surface area contributed by atoms with Crippen molar-refractivity contribution >= 4 is 38.5 Å². The zero-order valence-electron chi connectivity index (χ0n) is 17.8. The molecule has 0 saturated heterocycles. The highest BCUT2D eigenvalue weighted by Gasteiger charge is 2.25. The lowest BCUT2D eigenvalue weighted by atomic mass is 10.1. The third kappa shape index (κ3) is 5.30. The molecule has 8 nitrogen and oxygen atoms in total. The van der Waals surface area contributed by atoms with Gasteiger partial charge in [-0.15, -0.1) is 0 Å².